The minimum absolute atomic E-state index is 0.00814. The number of allylic oxidation sites excluding steroid dienone is 3. The molecule has 4 aliphatic heterocycles. The fourth-order valence-corrected chi connectivity index (χ4v) is 12.0. The monoisotopic (exact) mass is 1210 g/mol. The number of urea groups is 1. The first-order chi connectivity index (χ1) is 40.7. The zero-order chi connectivity index (χ0) is 62.8. The van der Waals surface area contributed by atoms with Crippen molar-refractivity contribution in [1.82, 2.24) is 20.5 Å². The molecule has 3 aromatic rings. The Labute approximate surface area is 506 Å². The number of methoxy groups -OCH3 is 2. The number of fused-ring (bicyclic) bond motifs is 6. The Morgan fingerprint density at radius 3 is 2.42 bits per heavy atom. The summed E-state index contributed by atoms with van der Waals surface area (Å²) in [5, 5.41) is 20.9. The first-order valence-corrected chi connectivity index (χ1v) is 29.8. The predicted molar refractivity (Wildman–Crippen MR) is 320 cm³/mol. The molecular weight excluding hydrogens is 1130 g/mol. The quantitative estimate of drug-likeness (QED) is 0.0283. The van der Waals surface area contributed by atoms with Gasteiger partial charge in [0.1, 0.15) is 46.1 Å². The number of benzene rings is 2. The maximum Gasteiger partial charge on any atom is 0.412 e. The van der Waals surface area contributed by atoms with E-state index < -0.39 is 83.4 Å². The van der Waals surface area contributed by atoms with Gasteiger partial charge in [0.2, 0.25) is 23.6 Å². The van der Waals surface area contributed by atoms with E-state index in [2.05, 4.69) is 16.0 Å². The van der Waals surface area contributed by atoms with E-state index in [9.17, 15) is 48.3 Å². The number of pyridine rings is 1. The lowest BCUT2D eigenvalue weighted by Crippen LogP contribution is -2.53. The topological polar surface area (TPSA) is 305 Å². The van der Waals surface area contributed by atoms with E-state index in [0.717, 1.165) is 11.1 Å². The molecule has 466 valence electrons. The summed E-state index contributed by atoms with van der Waals surface area (Å²) in [7, 11) is 4.49. The highest BCUT2D eigenvalue weighted by Crippen LogP contribution is 2.50. The highest BCUT2D eigenvalue weighted by molar-refractivity contribution is 6.35. The minimum Gasteiger partial charge on any atom is -0.495 e. The van der Waals surface area contributed by atoms with Crippen LogP contribution in [0.5, 0.6) is 5.75 Å². The zero-order valence-corrected chi connectivity index (χ0v) is 51.3. The molecule has 3 saturated heterocycles. The molecule has 0 spiro atoms. The maximum absolute atomic E-state index is 14.5. The van der Waals surface area contributed by atoms with Crippen LogP contribution in [0.4, 0.5) is 21.0 Å². The lowest BCUT2D eigenvalue weighted by Gasteiger charge is -2.41. The number of amides is 7. The molecule has 10 atom stereocenters. The van der Waals surface area contributed by atoms with Gasteiger partial charge in [-0.15, -0.1) is 0 Å². The molecule has 5 heterocycles. The largest absolute Gasteiger partial charge is 0.495 e. The molecule has 3 fully saturated rings. The number of anilines is 2. The number of nitrogens with zero attached hydrogens (tertiary/aromatic N) is 3. The van der Waals surface area contributed by atoms with Crippen LogP contribution in [0.25, 0.3) is 10.9 Å². The number of halogens is 1. The van der Waals surface area contributed by atoms with Crippen LogP contribution >= 0.6 is 11.6 Å². The fourth-order valence-electron chi connectivity index (χ4n) is 11.7. The molecule has 7 amide bonds. The number of ketones is 2. The zero-order valence-electron chi connectivity index (χ0n) is 50.5. The summed E-state index contributed by atoms with van der Waals surface area (Å²) >= 11 is 6.86. The summed E-state index contributed by atoms with van der Waals surface area (Å²) in [6, 6.07) is 10.1. The fraction of sp³-hybridized carbons (Fsp3) is 0.556. The summed E-state index contributed by atoms with van der Waals surface area (Å²) < 4.78 is 29.7. The van der Waals surface area contributed by atoms with Crippen molar-refractivity contribution < 1.29 is 71.9 Å². The van der Waals surface area contributed by atoms with Crippen molar-refractivity contribution in [2.75, 3.05) is 44.6 Å². The van der Waals surface area contributed by atoms with Crippen LogP contribution in [0.1, 0.15) is 123 Å². The third-order valence-corrected chi connectivity index (χ3v) is 17.3. The maximum atomic E-state index is 14.5. The Morgan fingerprint density at radius 1 is 0.977 bits per heavy atom. The Morgan fingerprint density at radius 2 is 1.73 bits per heavy atom. The van der Waals surface area contributed by atoms with E-state index in [1.165, 1.54) is 24.0 Å². The molecule has 0 saturated carbocycles. The number of aliphatic hydroxyl groups is 1. The van der Waals surface area contributed by atoms with Gasteiger partial charge in [-0.05, 0) is 93.8 Å². The lowest BCUT2D eigenvalue weighted by molar-refractivity contribution is -0.187. The van der Waals surface area contributed by atoms with Crippen molar-refractivity contribution in [2.24, 2.45) is 29.4 Å². The average Bonchev–Trinajstić information content (AvgIpc) is 2.51. The van der Waals surface area contributed by atoms with E-state index in [1.807, 2.05) is 26.8 Å². The third-order valence-electron chi connectivity index (χ3n) is 16.9. The van der Waals surface area contributed by atoms with Gasteiger partial charge < -0.3 is 50.1 Å². The van der Waals surface area contributed by atoms with E-state index in [4.69, 9.17) is 46.0 Å². The van der Waals surface area contributed by atoms with Crippen LogP contribution in [0.2, 0.25) is 5.02 Å². The summed E-state index contributed by atoms with van der Waals surface area (Å²) in [6.07, 6.45) is 2.89. The van der Waals surface area contributed by atoms with Gasteiger partial charge in [0.15, 0.2) is 5.78 Å². The molecule has 6 N–H and O–H groups in total. The van der Waals surface area contributed by atoms with Crippen LogP contribution in [-0.2, 0) is 65.4 Å². The van der Waals surface area contributed by atoms with Crippen molar-refractivity contribution >= 4 is 87.2 Å². The Hall–Kier alpha value is -7.27. The second-order valence-electron chi connectivity index (χ2n) is 23.9. The molecule has 1 unspecified atom stereocenters. The first kappa shape index (κ1) is 66.3. The molecule has 0 radical (unpaired) electrons. The highest BCUT2D eigenvalue weighted by atomic mass is 35.5. The molecule has 4 aliphatic rings. The summed E-state index contributed by atoms with van der Waals surface area (Å²) in [4.78, 5) is 126. The second kappa shape index (κ2) is 28.9. The van der Waals surface area contributed by atoms with Gasteiger partial charge in [0, 0.05) is 87.5 Å². The van der Waals surface area contributed by atoms with Gasteiger partial charge >= 0.3 is 18.1 Å². The number of rotatable bonds is 22. The summed E-state index contributed by atoms with van der Waals surface area (Å²) in [6.45, 7) is 11.3. The SMILES string of the molecule is COc1cc2cc(c1Cl)N(C)C(=O)C[C@H](OC(=O)Nc1ccc3nc(CC(=O)[C@H](CCCNC(N)=O)NC(=O)[C@@H](CC(=O)CCCCCN4C(=O)CC(C)C4=O)C(C)C)ccc3c1)[C@]1(C)O[C@H]1[C@H](C)[C@@H]1C[C@@](O)(CC(=O)O1)[C@H](OC)/C=C/C=C(\C)C2. The van der Waals surface area contributed by atoms with Crippen LogP contribution in [0, 0.1) is 23.7 Å². The number of nitrogens with two attached hydrogens (primary N) is 1. The van der Waals surface area contributed by atoms with Crippen LogP contribution in [-0.4, -0.2) is 144 Å². The second-order valence-corrected chi connectivity index (χ2v) is 24.3. The van der Waals surface area contributed by atoms with E-state index in [-0.39, 0.29) is 98.2 Å². The van der Waals surface area contributed by atoms with E-state index in [0.29, 0.717) is 72.4 Å². The van der Waals surface area contributed by atoms with Crippen LogP contribution in [0.3, 0.4) is 0 Å². The van der Waals surface area contributed by atoms with Crippen molar-refractivity contribution in [3.63, 3.8) is 0 Å². The number of hydrogen-bond acceptors (Lipinski definition) is 16. The van der Waals surface area contributed by atoms with Crippen molar-refractivity contribution in [3.05, 3.63) is 82.5 Å². The van der Waals surface area contributed by atoms with Gasteiger partial charge in [-0.3, -0.25) is 48.8 Å². The standard InChI is InChI=1S/C63H82ClN7O15/c1-35(2)44(31-43(72)16-11-10-12-24-71-54(75)26-37(4)59(71)78)58(77)69-46(17-14-23-66-60(65)79)48(73)30-42-20-19-40-29-41(21-22-45(40)67-42)68-61(80)85-52-32-53(74)70(7)47-27-39(28-49(82-8)56(47)64)25-36(3)15-13-18-51(83-9)63(81)33-50(84-55(76)34-63)38(5)57-62(52,6)86-57/h13,15,18-22,27-29,35,37-38,44,46,50-52,57,81H,10-12,14,16-17,23-26,30-34H2,1-9H3,(H,68,80)(H,69,77)(H3,65,66,79)/b18-13+,36-15+/t37?,38-,44+,46+,50+,51-,52+,57+,62+,63-/m1/s1. The molecule has 86 heavy (non-hydrogen) atoms. The van der Waals surface area contributed by atoms with Gasteiger partial charge in [0.05, 0.1) is 49.7 Å². The summed E-state index contributed by atoms with van der Waals surface area (Å²) in [5.41, 5.74) is 5.57. The lowest BCUT2D eigenvalue weighted by atomic mass is 9.78. The molecule has 2 aromatic carbocycles. The summed E-state index contributed by atoms with van der Waals surface area (Å²) in [5.74, 6) is -3.91. The molecule has 4 bridgehead atoms. The van der Waals surface area contributed by atoms with Gasteiger partial charge in [0.25, 0.3) is 0 Å². The number of Topliss-reactive ketones (excluding diaryl/α,β-unsaturated/α-hetero) is 2. The number of epoxide rings is 1. The first-order valence-electron chi connectivity index (χ1n) is 29.4. The molecular formula is C63H82ClN7O15. The average molecular weight is 1210 g/mol. The van der Waals surface area contributed by atoms with E-state index >= 15 is 0 Å². The van der Waals surface area contributed by atoms with Crippen LogP contribution in [0.15, 0.2) is 66.3 Å². The molecule has 1 aromatic heterocycles. The van der Waals surface area contributed by atoms with Gasteiger partial charge in [-0.1, -0.05) is 75.6 Å². The van der Waals surface area contributed by atoms with Crippen LogP contribution < -0.4 is 31.3 Å². The minimum atomic E-state index is -1.64. The Balaban J connectivity index is 1.04. The van der Waals surface area contributed by atoms with Crippen molar-refractivity contribution in [3.8, 4) is 5.75 Å². The predicted octanol–water partition coefficient (Wildman–Crippen LogP) is 7.40. The number of primary amides is 1. The number of carbonyl (C=O) groups is 9. The smallest absolute Gasteiger partial charge is 0.412 e. The normalized spacial score (nSPS) is 26.0. The number of likely N-dealkylation sites (tertiary alicyclic amines) is 1. The van der Waals surface area contributed by atoms with E-state index in [1.54, 1.807) is 82.4 Å². The number of aromatic nitrogens is 1. The molecule has 7 rings (SSSR count). The Bertz CT molecular complexity index is 3130. The number of imide groups is 1. The van der Waals surface area contributed by atoms with Crippen molar-refractivity contribution in [2.45, 2.75) is 167 Å². The number of nitrogens with one attached hydrogen (secondary N) is 3. The number of hydrogen-bond donors (Lipinski definition) is 5. The van der Waals surface area contributed by atoms with Gasteiger partial charge in [-0.25, -0.2) is 9.59 Å². The van der Waals surface area contributed by atoms with Gasteiger partial charge in [-0.2, -0.15) is 0 Å². The third kappa shape index (κ3) is 16.6. The highest BCUT2D eigenvalue weighted by Gasteiger charge is 2.64. The number of esters is 1. The number of unbranched alkanes of at least 4 members (excludes halogenated alkanes) is 2. The molecule has 23 heteroatoms. The Kier molecular flexibility index (Phi) is 22.3. The molecule has 22 nitrogen and oxygen atoms in total. The number of ether oxygens (including phenoxy) is 5. The molecule has 0 aliphatic carbocycles. The number of carbonyl (C=O) groups excluding carboxylic acids is 9. The van der Waals surface area contributed by atoms with Crippen molar-refractivity contribution in [1.29, 1.82) is 0 Å².